The highest BCUT2D eigenvalue weighted by atomic mass is 16.1. The lowest BCUT2D eigenvalue weighted by molar-refractivity contribution is 0.511. The van der Waals surface area contributed by atoms with Crippen molar-refractivity contribution in [1.29, 1.82) is 0 Å². The predicted molar refractivity (Wildman–Crippen MR) is 87.3 cm³/mol. The zero-order valence-electron chi connectivity index (χ0n) is 12.8. The van der Waals surface area contributed by atoms with Gasteiger partial charge in [-0.1, -0.05) is 69.4 Å². The highest BCUT2D eigenvalue weighted by Crippen LogP contribution is 2.14. The smallest absolute Gasteiger partial charge is 0.266 e. The van der Waals surface area contributed by atoms with Crippen molar-refractivity contribution in [3.05, 3.63) is 52.8 Å². The van der Waals surface area contributed by atoms with E-state index in [1.807, 2.05) is 30.3 Å². The number of nitrogens with zero attached hydrogens (tertiary/aromatic N) is 2. The van der Waals surface area contributed by atoms with Gasteiger partial charge in [-0.05, 0) is 12.5 Å². The normalized spacial score (nSPS) is 10.7. The van der Waals surface area contributed by atoms with Crippen molar-refractivity contribution < 1.29 is 0 Å². The van der Waals surface area contributed by atoms with Crippen LogP contribution in [-0.4, -0.2) is 9.78 Å². The number of aromatic nitrogens is 2. The molecule has 2 rings (SSSR count). The molecule has 0 aliphatic heterocycles. The van der Waals surface area contributed by atoms with Crippen LogP contribution >= 0.6 is 0 Å². The van der Waals surface area contributed by atoms with Gasteiger partial charge in [0.15, 0.2) is 0 Å². The van der Waals surface area contributed by atoms with Gasteiger partial charge in [-0.2, -0.15) is 5.10 Å². The van der Waals surface area contributed by atoms with E-state index >= 15 is 0 Å². The molecule has 0 aliphatic rings. The molecule has 0 amide bonds. The Morgan fingerprint density at radius 2 is 1.62 bits per heavy atom. The molecule has 3 heteroatoms. The molecule has 3 nitrogen and oxygen atoms in total. The van der Waals surface area contributed by atoms with E-state index in [1.165, 1.54) is 32.1 Å². The van der Waals surface area contributed by atoms with Crippen molar-refractivity contribution in [1.82, 2.24) is 9.78 Å². The van der Waals surface area contributed by atoms with Crippen molar-refractivity contribution in [2.24, 2.45) is 0 Å². The van der Waals surface area contributed by atoms with Crippen LogP contribution in [0.25, 0.3) is 11.3 Å². The summed E-state index contributed by atoms with van der Waals surface area (Å²) in [6.07, 6.45) is 7.31. The van der Waals surface area contributed by atoms with E-state index in [1.54, 1.807) is 16.8 Å². The van der Waals surface area contributed by atoms with Crippen LogP contribution in [0.4, 0.5) is 0 Å². The second kappa shape index (κ2) is 8.40. The van der Waals surface area contributed by atoms with Crippen LogP contribution in [0.1, 0.15) is 45.4 Å². The Morgan fingerprint density at radius 1 is 0.905 bits per heavy atom. The van der Waals surface area contributed by atoms with Gasteiger partial charge in [0, 0.05) is 18.2 Å². The number of rotatable bonds is 8. The van der Waals surface area contributed by atoms with Crippen LogP contribution in [-0.2, 0) is 6.54 Å². The molecule has 112 valence electrons. The number of benzene rings is 1. The standard InChI is InChI=1S/C18H24N2O/c1-2-3-4-5-6-10-15-20-18(21)14-13-17(19-20)16-11-8-7-9-12-16/h7-9,11-14H,2-6,10,15H2,1H3. The Hall–Kier alpha value is -1.90. The fraction of sp³-hybridized carbons (Fsp3) is 0.444. The van der Waals surface area contributed by atoms with Crippen molar-refractivity contribution in [2.45, 2.75) is 52.0 Å². The first-order valence-electron chi connectivity index (χ1n) is 7.95. The van der Waals surface area contributed by atoms with Crippen LogP contribution < -0.4 is 5.56 Å². The van der Waals surface area contributed by atoms with Gasteiger partial charge in [-0.3, -0.25) is 4.79 Å². The second-order valence-electron chi connectivity index (χ2n) is 5.41. The summed E-state index contributed by atoms with van der Waals surface area (Å²) in [5.74, 6) is 0. The first kappa shape index (κ1) is 15.5. The highest BCUT2D eigenvalue weighted by Gasteiger charge is 2.02. The molecule has 21 heavy (non-hydrogen) atoms. The molecule has 0 unspecified atom stereocenters. The van der Waals surface area contributed by atoms with Gasteiger partial charge in [0.05, 0.1) is 5.69 Å². The Labute approximate surface area is 126 Å². The summed E-state index contributed by atoms with van der Waals surface area (Å²) in [4.78, 5) is 11.9. The average Bonchev–Trinajstić information content (AvgIpc) is 2.53. The molecule has 0 bridgehead atoms. The van der Waals surface area contributed by atoms with E-state index in [0.717, 1.165) is 17.7 Å². The highest BCUT2D eigenvalue weighted by molar-refractivity contribution is 5.57. The molecule has 0 fully saturated rings. The summed E-state index contributed by atoms with van der Waals surface area (Å²) in [6.45, 7) is 2.93. The molecule has 0 saturated heterocycles. The second-order valence-corrected chi connectivity index (χ2v) is 5.41. The van der Waals surface area contributed by atoms with Gasteiger partial charge in [0.1, 0.15) is 0 Å². The third kappa shape index (κ3) is 4.85. The summed E-state index contributed by atoms with van der Waals surface area (Å²) in [5.41, 5.74) is 1.90. The Bertz CT molecular complexity index is 590. The van der Waals surface area contributed by atoms with E-state index in [2.05, 4.69) is 12.0 Å². The summed E-state index contributed by atoms with van der Waals surface area (Å²) in [5, 5.41) is 4.48. The molecule has 0 aliphatic carbocycles. The van der Waals surface area contributed by atoms with Gasteiger partial charge in [0.2, 0.25) is 0 Å². The van der Waals surface area contributed by atoms with Crippen molar-refractivity contribution in [3.63, 3.8) is 0 Å². The molecule has 0 atom stereocenters. The summed E-state index contributed by atoms with van der Waals surface area (Å²) < 4.78 is 1.60. The molecule has 1 heterocycles. The largest absolute Gasteiger partial charge is 0.268 e. The lowest BCUT2D eigenvalue weighted by atomic mass is 10.1. The molecule has 0 spiro atoms. The van der Waals surface area contributed by atoms with Crippen LogP contribution in [0.15, 0.2) is 47.3 Å². The van der Waals surface area contributed by atoms with Gasteiger partial charge < -0.3 is 0 Å². The predicted octanol–water partition coefficient (Wildman–Crippen LogP) is 4.27. The van der Waals surface area contributed by atoms with Gasteiger partial charge in [-0.15, -0.1) is 0 Å². The monoisotopic (exact) mass is 284 g/mol. The van der Waals surface area contributed by atoms with Crippen LogP contribution in [0, 0.1) is 0 Å². The number of hydrogen-bond acceptors (Lipinski definition) is 2. The first-order chi connectivity index (χ1) is 10.3. The summed E-state index contributed by atoms with van der Waals surface area (Å²) >= 11 is 0. The first-order valence-corrected chi connectivity index (χ1v) is 7.95. The number of hydrogen-bond donors (Lipinski definition) is 0. The van der Waals surface area contributed by atoms with Crippen LogP contribution in [0.2, 0.25) is 0 Å². The molecule has 1 aromatic carbocycles. The zero-order chi connectivity index (χ0) is 14.9. The molecular weight excluding hydrogens is 260 g/mol. The van der Waals surface area contributed by atoms with Crippen molar-refractivity contribution in [3.8, 4) is 11.3 Å². The van der Waals surface area contributed by atoms with E-state index < -0.39 is 0 Å². The van der Waals surface area contributed by atoms with E-state index in [0.29, 0.717) is 6.54 Å². The molecule has 0 N–H and O–H groups in total. The zero-order valence-corrected chi connectivity index (χ0v) is 12.8. The van der Waals surface area contributed by atoms with E-state index in [9.17, 15) is 4.79 Å². The van der Waals surface area contributed by atoms with Gasteiger partial charge in [0.25, 0.3) is 5.56 Å². The van der Waals surface area contributed by atoms with E-state index in [4.69, 9.17) is 0 Å². The Morgan fingerprint density at radius 3 is 2.38 bits per heavy atom. The van der Waals surface area contributed by atoms with Gasteiger partial charge in [-0.25, -0.2) is 4.68 Å². The fourth-order valence-corrected chi connectivity index (χ4v) is 2.41. The summed E-state index contributed by atoms with van der Waals surface area (Å²) in [6, 6.07) is 13.4. The van der Waals surface area contributed by atoms with Crippen molar-refractivity contribution in [2.75, 3.05) is 0 Å². The SMILES string of the molecule is CCCCCCCCn1nc(-c2ccccc2)ccc1=O. The number of unbranched alkanes of at least 4 members (excludes halogenated alkanes) is 5. The molecule has 0 saturated carbocycles. The van der Waals surface area contributed by atoms with Gasteiger partial charge >= 0.3 is 0 Å². The number of aryl methyl sites for hydroxylation is 1. The fourth-order valence-electron chi connectivity index (χ4n) is 2.41. The molecular formula is C18H24N2O. The minimum atomic E-state index is -0.0109. The van der Waals surface area contributed by atoms with Crippen LogP contribution in [0.5, 0.6) is 0 Å². The molecule has 2 aromatic rings. The molecule has 0 radical (unpaired) electrons. The molecule has 1 aromatic heterocycles. The third-order valence-corrected chi connectivity index (χ3v) is 3.66. The summed E-state index contributed by atoms with van der Waals surface area (Å²) in [7, 11) is 0. The van der Waals surface area contributed by atoms with E-state index in [-0.39, 0.29) is 5.56 Å². The maximum atomic E-state index is 11.9. The minimum Gasteiger partial charge on any atom is -0.268 e. The third-order valence-electron chi connectivity index (χ3n) is 3.66. The average molecular weight is 284 g/mol. The minimum absolute atomic E-state index is 0.0109. The Kier molecular flexibility index (Phi) is 6.20. The lowest BCUT2D eigenvalue weighted by Gasteiger charge is -2.07. The van der Waals surface area contributed by atoms with Crippen LogP contribution in [0.3, 0.4) is 0 Å². The Balaban J connectivity index is 1.95. The quantitative estimate of drug-likeness (QED) is 0.678. The van der Waals surface area contributed by atoms with Crippen molar-refractivity contribution >= 4 is 0 Å². The maximum absolute atomic E-state index is 11.9. The lowest BCUT2D eigenvalue weighted by Crippen LogP contribution is -2.22. The topological polar surface area (TPSA) is 34.9 Å². The maximum Gasteiger partial charge on any atom is 0.266 e.